The van der Waals surface area contributed by atoms with Crippen molar-refractivity contribution in [2.24, 2.45) is 0 Å². The molecule has 7 nitrogen and oxygen atoms in total. The molecule has 170 valence electrons. The first-order valence-electron chi connectivity index (χ1n) is 9.69. The first-order valence-corrected chi connectivity index (χ1v) is 11.7. The number of carbonyl (C=O) groups excluding carboxylic acids is 1. The highest BCUT2D eigenvalue weighted by Crippen LogP contribution is 2.34. The summed E-state index contributed by atoms with van der Waals surface area (Å²) in [6.07, 6.45) is -2.83. The average Bonchev–Trinajstić information content (AvgIpc) is 3.31. The Labute approximate surface area is 183 Å². The molecular formula is C19H22ClF3N4O3S. The van der Waals surface area contributed by atoms with E-state index in [9.17, 15) is 26.4 Å². The van der Waals surface area contributed by atoms with Crippen molar-refractivity contribution in [2.75, 3.05) is 24.2 Å². The van der Waals surface area contributed by atoms with Gasteiger partial charge in [-0.2, -0.15) is 18.3 Å². The maximum absolute atomic E-state index is 13.1. The van der Waals surface area contributed by atoms with E-state index in [4.69, 9.17) is 11.6 Å². The molecule has 2 aromatic rings. The van der Waals surface area contributed by atoms with E-state index in [0.717, 1.165) is 35.7 Å². The molecule has 3 rings (SSSR count). The molecule has 0 atom stereocenters. The summed E-state index contributed by atoms with van der Waals surface area (Å²) < 4.78 is 66.3. The molecule has 1 aliphatic rings. The van der Waals surface area contributed by atoms with E-state index >= 15 is 0 Å². The van der Waals surface area contributed by atoms with E-state index in [-0.39, 0.29) is 35.1 Å². The number of anilines is 1. The van der Waals surface area contributed by atoms with Crippen LogP contribution in [0.2, 0.25) is 5.02 Å². The predicted molar refractivity (Wildman–Crippen MR) is 111 cm³/mol. The van der Waals surface area contributed by atoms with Crippen LogP contribution in [-0.2, 0) is 21.0 Å². The summed E-state index contributed by atoms with van der Waals surface area (Å²) in [6.45, 7) is 2.63. The first-order chi connectivity index (χ1) is 14.5. The zero-order valence-electron chi connectivity index (χ0n) is 16.7. The lowest BCUT2D eigenvalue weighted by Gasteiger charge is -2.15. The Morgan fingerprint density at radius 3 is 2.55 bits per heavy atom. The van der Waals surface area contributed by atoms with Gasteiger partial charge in [0.25, 0.3) is 0 Å². The summed E-state index contributed by atoms with van der Waals surface area (Å²) in [4.78, 5) is 12.3. The second-order valence-corrected chi connectivity index (χ2v) is 9.82. The van der Waals surface area contributed by atoms with Gasteiger partial charge in [0.2, 0.25) is 15.9 Å². The number of benzene rings is 1. The molecular weight excluding hydrogens is 457 g/mol. The SMILES string of the molecule is Cc1cc(NC(=O)CCCS(=O)(=O)N2CCCC2)n(-c2cc(C(F)(F)F)ccc2Cl)n1. The number of alkyl halides is 3. The number of sulfonamides is 1. The summed E-state index contributed by atoms with van der Waals surface area (Å²) in [5.41, 5.74) is -0.471. The Morgan fingerprint density at radius 2 is 1.90 bits per heavy atom. The van der Waals surface area contributed by atoms with Crippen LogP contribution in [0.5, 0.6) is 0 Å². The maximum Gasteiger partial charge on any atom is 0.416 e. The second-order valence-electron chi connectivity index (χ2n) is 7.32. The molecule has 1 aromatic heterocycles. The fourth-order valence-electron chi connectivity index (χ4n) is 3.34. The molecule has 0 saturated carbocycles. The number of halogens is 4. The Balaban J connectivity index is 1.70. The van der Waals surface area contributed by atoms with Crippen molar-refractivity contribution >= 4 is 33.3 Å². The van der Waals surface area contributed by atoms with Gasteiger partial charge in [0, 0.05) is 25.6 Å². The molecule has 0 radical (unpaired) electrons. The van der Waals surface area contributed by atoms with Gasteiger partial charge in [0.1, 0.15) is 5.82 Å². The Hall–Kier alpha value is -2.11. The zero-order valence-corrected chi connectivity index (χ0v) is 18.3. The summed E-state index contributed by atoms with van der Waals surface area (Å²) in [6, 6.07) is 4.33. The topological polar surface area (TPSA) is 84.3 Å². The van der Waals surface area contributed by atoms with Crippen molar-refractivity contribution < 1.29 is 26.4 Å². The highest BCUT2D eigenvalue weighted by atomic mass is 35.5. The van der Waals surface area contributed by atoms with Crippen LogP contribution < -0.4 is 5.32 Å². The monoisotopic (exact) mass is 478 g/mol. The van der Waals surface area contributed by atoms with Crippen molar-refractivity contribution in [3.8, 4) is 5.69 Å². The van der Waals surface area contributed by atoms with Gasteiger partial charge in [-0.25, -0.2) is 17.4 Å². The molecule has 2 heterocycles. The highest BCUT2D eigenvalue weighted by Gasteiger charge is 2.31. The van der Waals surface area contributed by atoms with Crippen LogP contribution in [0.3, 0.4) is 0 Å². The molecule has 1 aliphatic heterocycles. The summed E-state index contributed by atoms with van der Waals surface area (Å²) >= 11 is 6.08. The normalized spacial score (nSPS) is 15.4. The van der Waals surface area contributed by atoms with E-state index < -0.39 is 27.7 Å². The minimum atomic E-state index is -4.56. The molecule has 1 N–H and O–H groups in total. The quantitative estimate of drug-likeness (QED) is 0.652. The summed E-state index contributed by atoms with van der Waals surface area (Å²) in [5, 5.41) is 6.75. The van der Waals surface area contributed by atoms with E-state index in [1.165, 1.54) is 10.4 Å². The number of hydrogen-bond donors (Lipinski definition) is 1. The second kappa shape index (κ2) is 9.17. The number of aromatic nitrogens is 2. The zero-order chi connectivity index (χ0) is 22.8. The van der Waals surface area contributed by atoms with Crippen LogP contribution in [0.25, 0.3) is 5.69 Å². The summed E-state index contributed by atoms with van der Waals surface area (Å²) in [5.74, 6) is -0.468. The molecule has 1 amide bonds. The predicted octanol–water partition coefficient (Wildman–Crippen LogP) is 4.00. The van der Waals surface area contributed by atoms with Crippen molar-refractivity contribution in [3.05, 3.63) is 40.5 Å². The van der Waals surface area contributed by atoms with Crippen LogP contribution in [0.4, 0.5) is 19.0 Å². The minimum Gasteiger partial charge on any atom is -0.311 e. The lowest BCUT2D eigenvalue weighted by molar-refractivity contribution is -0.137. The highest BCUT2D eigenvalue weighted by molar-refractivity contribution is 7.89. The van der Waals surface area contributed by atoms with E-state index in [0.29, 0.717) is 18.8 Å². The molecule has 1 aromatic carbocycles. The lowest BCUT2D eigenvalue weighted by Crippen LogP contribution is -2.30. The fraction of sp³-hybridized carbons (Fsp3) is 0.474. The van der Waals surface area contributed by atoms with E-state index in [1.807, 2.05) is 0 Å². The summed E-state index contributed by atoms with van der Waals surface area (Å²) in [7, 11) is -3.39. The molecule has 0 spiro atoms. The van der Waals surface area contributed by atoms with Crippen LogP contribution in [0, 0.1) is 6.92 Å². The van der Waals surface area contributed by atoms with Gasteiger partial charge in [0.05, 0.1) is 27.7 Å². The molecule has 0 aliphatic carbocycles. The average molecular weight is 479 g/mol. The lowest BCUT2D eigenvalue weighted by atomic mass is 10.2. The minimum absolute atomic E-state index is 0.0308. The molecule has 1 fully saturated rings. The Bertz CT molecular complexity index is 1060. The van der Waals surface area contributed by atoms with Gasteiger partial charge in [-0.1, -0.05) is 11.6 Å². The number of nitrogens with zero attached hydrogens (tertiary/aromatic N) is 3. The van der Waals surface area contributed by atoms with E-state index in [2.05, 4.69) is 10.4 Å². The van der Waals surface area contributed by atoms with Crippen LogP contribution in [0.1, 0.15) is 36.9 Å². The Kier molecular flexibility index (Phi) is 6.97. The molecule has 31 heavy (non-hydrogen) atoms. The van der Waals surface area contributed by atoms with Crippen molar-refractivity contribution in [2.45, 2.75) is 38.8 Å². The fourth-order valence-corrected chi connectivity index (χ4v) is 5.12. The van der Waals surface area contributed by atoms with Crippen molar-refractivity contribution in [1.82, 2.24) is 14.1 Å². The van der Waals surface area contributed by atoms with Crippen molar-refractivity contribution in [1.29, 1.82) is 0 Å². The van der Waals surface area contributed by atoms with Gasteiger partial charge in [-0.15, -0.1) is 0 Å². The van der Waals surface area contributed by atoms with Crippen molar-refractivity contribution in [3.63, 3.8) is 0 Å². The number of nitrogens with one attached hydrogen (secondary N) is 1. The Morgan fingerprint density at radius 1 is 1.23 bits per heavy atom. The third-order valence-corrected chi connectivity index (χ3v) is 7.14. The maximum atomic E-state index is 13.1. The molecule has 0 unspecified atom stereocenters. The van der Waals surface area contributed by atoms with Crippen LogP contribution in [0.15, 0.2) is 24.3 Å². The van der Waals surface area contributed by atoms with Crippen LogP contribution >= 0.6 is 11.6 Å². The molecule has 1 saturated heterocycles. The standard InChI is InChI=1S/C19H22ClF3N4O3S/c1-13-11-17(24-18(28)5-4-10-31(29,30)26-8-2-3-9-26)27(25-13)16-12-14(19(21,22)23)6-7-15(16)20/h6-7,11-12H,2-5,8-10H2,1H3,(H,24,28). The van der Waals surface area contributed by atoms with Gasteiger partial charge < -0.3 is 5.32 Å². The van der Waals surface area contributed by atoms with Gasteiger partial charge in [-0.05, 0) is 44.4 Å². The number of carbonyl (C=O) groups is 1. The van der Waals surface area contributed by atoms with Crippen LogP contribution in [-0.4, -0.2) is 47.3 Å². The number of hydrogen-bond acceptors (Lipinski definition) is 4. The number of aryl methyl sites for hydroxylation is 1. The first kappa shape index (κ1) is 23.6. The largest absolute Gasteiger partial charge is 0.416 e. The third-order valence-electron chi connectivity index (χ3n) is 4.87. The van der Waals surface area contributed by atoms with Gasteiger partial charge >= 0.3 is 6.18 Å². The van der Waals surface area contributed by atoms with Gasteiger partial charge in [-0.3, -0.25) is 4.79 Å². The smallest absolute Gasteiger partial charge is 0.311 e. The van der Waals surface area contributed by atoms with Gasteiger partial charge in [0.15, 0.2) is 0 Å². The molecule has 12 heteroatoms. The van der Waals surface area contributed by atoms with E-state index in [1.54, 1.807) is 6.92 Å². The number of amides is 1. The number of rotatable bonds is 7. The molecule has 0 bridgehead atoms. The third kappa shape index (κ3) is 5.78.